The van der Waals surface area contributed by atoms with Crippen LogP contribution in [0, 0.1) is 10.1 Å². The maximum atomic E-state index is 12.6. The number of rotatable bonds is 7. The van der Waals surface area contributed by atoms with Crippen LogP contribution in [0.15, 0.2) is 18.2 Å². The normalized spacial score (nSPS) is 10.9. The molecule has 154 valence electrons. The van der Waals surface area contributed by atoms with Gasteiger partial charge in [-0.15, -0.1) is 0 Å². The molecular formula is C15H17F3N4O6. The second-order valence-corrected chi connectivity index (χ2v) is 5.68. The van der Waals surface area contributed by atoms with Gasteiger partial charge >= 0.3 is 18.2 Å². The van der Waals surface area contributed by atoms with Crippen molar-refractivity contribution in [2.24, 2.45) is 0 Å². The van der Waals surface area contributed by atoms with Crippen LogP contribution in [0.25, 0.3) is 0 Å². The van der Waals surface area contributed by atoms with Crippen LogP contribution < -0.4 is 16.0 Å². The minimum absolute atomic E-state index is 0.223. The molecular weight excluding hydrogens is 389 g/mol. The van der Waals surface area contributed by atoms with E-state index in [2.05, 4.69) is 15.4 Å². The fourth-order valence-electron chi connectivity index (χ4n) is 1.83. The number of esters is 1. The fourth-order valence-corrected chi connectivity index (χ4v) is 1.83. The van der Waals surface area contributed by atoms with Crippen molar-refractivity contribution >= 4 is 29.3 Å². The Balaban J connectivity index is 2.60. The van der Waals surface area contributed by atoms with Crippen LogP contribution in [0.4, 0.5) is 29.3 Å². The minimum Gasteiger partial charge on any atom is -0.454 e. The third kappa shape index (κ3) is 7.47. The second kappa shape index (κ2) is 9.53. The number of halogens is 3. The summed E-state index contributed by atoms with van der Waals surface area (Å²) in [7, 11) is 0. The Morgan fingerprint density at radius 2 is 1.89 bits per heavy atom. The van der Waals surface area contributed by atoms with E-state index >= 15 is 0 Å². The molecule has 0 heterocycles. The van der Waals surface area contributed by atoms with E-state index in [4.69, 9.17) is 0 Å². The highest BCUT2D eigenvalue weighted by Crippen LogP contribution is 2.34. The molecule has 0 unspecified atom stereocenters. The maximum absolute atomic E-state index is 12.6. The number of ether oxygens (including phenoxy) is 1. The smallest absolute Gasteiger partial charge is 0.416 e. The van der Waals surface area contributed by atoms with Crippen LogP contribution >= 0.6 is 0 Å². The number of nitro groups is 1. The number of alkyl halides is 3. The van der Waals surface area contributed by atoms with Crippen LogP contribution in [-0.4, -0.2) is 42.0 Å². The number of nitrogens with one attached hydrogen (secondary N) is 3. The summed E-state index contributed by atoms with van der Waals surface area (Å²) in [6.45, 7) is 1.88. The number of nitro benzene ring substituents is 1. The second-order valence-electron chi connectivity index (χ2n) is 5.68. The van der Waals surface area contributed by atoms with Crippen LogP contribution in [0.3, 0.4) is 0 Å². The molecule has 3 amide bonds. The number of anilines is 1. The quantitative estimate of drug-likeness (QED) is 0.356. The summed E-state index contributed by atoms with van der Waals surface area (Å²) in [6.07, 6.45) is -4.77. The van der Waals surface area contributed by atoms with E-state index in [0.29, 0.717) is 12.1 Å². The van der Waals surface area contributed by atoms with E-state index in [1.54, 1.807) is 13.8 Å². The standard InChI is InChI=1S/C15H17F3N4O6/c1-8(2)20-14(25)21-12(23)7-28-13(24)6-19-10-4-3-9(15(16,17)18)5-11(10)22(26)27/h3-5,8,19H,6-7H2,1-2H3,(H2,20,21,23,25). The Bertz CT molecular complexity index is 767. The molecule has 1 rings (SSSR count). The van der Waals surface area contributed by atoms with Crippen LogP contribution in [0.2, 0.25) is 0 Å². The van der Waals surface area contributed by atoms with Crippen molar-refractivity contribution in [1.29, 1.82) is 0 Å². The molecule has 1 aromatic rings. The summed E-state index contributed by atoms with van der Waals surface area (Å²) >= 11 is 0. The van der Waals surface area contributed by atoms with Crippen molar-refractivity contribution in [3.05, 3.63) is 33.9 Å². The Hall–Kier alpha value is -3.38. The lowest BCUT2D eigenvalue weighted by Gasteiger charge is -2.11. The molecule has 0 spiro atoms. The van der Waals surface area contributed by atoms with E-state index in [1.807, 2.05) is 5.32 Å². The first-order valence-corrected chi connectivity index (χ1v) is 7.75. The average molecular weight is 406 g/mol. The van der Waals surface area contributed by atoms with Gasteiger partial charge in [0.05, 0.1) is 10.5 Å². The predicted octanol–water partition coefficient (Wildman–Crippen LogP) is 1.80. The molecule has 0 saturated carbocycles. The molecule has 0 atom stereocenters. The maximum Gasteiger partial charge on any atom is 0.416 e. The summed E-state index contributed by atoms with van der Waals surface area (Å²) in [5.74, 6) is -1.93. The van der Waals surface area contributed by atoms with E-state index in [0.717, 1.165) is 6.07 Å². The lowest BCUT2D eigenvalue weighted by molar-refractivity contribution is -0.384. The molecule has 10 nitrogen and oxygen atoms in total. The molecule has 0 bridgehead atoms. The van der Waals surface area contributed by atoms with Gasteiger partial charge < -0.3 is 15.4 Å². The first-order valence-electron chi connectivity index (χ1n) is 7.75. The molecule has 0 saturated heterocycles. The number of hydrogen-bond donors (Lipinski definition) is 3. The monoisotopic (exact) mass is 406 g/mol. The van der Waals surface area contributed by atoms with Crippen LogP contribution in [-0.2, 0) is 20.5 Å². The molecule has 28 heavy (non-hydrogen) atoms. The lowest BCUT2D eigenvalue weighted by atomic mass is 10.1. The highest BCUT2D eigenvalue weighted by atomic mass is 19.4. The molecule has 13 heteroatoms. The number of urea groups is 1. The van der Waals surface area contributed by atoms with Gasteiger partial charge in [0.25, 0.3) is 11.6 Å². The number of carbonyl (C=O) groups is 3. The number of nitrogens with zero attached hydrogens (tertiary/aromatic N) is 1. The molecule has 0 aromatic heterocycles. The van der Waals surface area contributed by atoms with Gasteiger partial charge in [0.15, 0.2) is 6.61 Å². The van der Waals surface area contributed by atoms with Gasteiger partial charge in [-0.3, -0.25) is 25.0 Å². The highest BCUT2D eigenvalue weighted by molar-refractivity contribution is 5.95. The van der Waals surface area contributed by atoms with Crippen molar-refractivity contribution in [2.45, 2.75) is 26.1 Å². The molecule has 0 aliphatic carbocycles. The van der Waals surface area contributed by atoms with Crippen molar-refractivity contribution in [3.8, 4) is 0 Å². The van der Waals surface area contributed by atoms with E-state index in [1.165, 1.54) is 0 Å². The number of imide groups is 1. The number of benzene rings is 1. The third-order valence-corrected chi connectivity index (χ3v) is 2.98. The number of carbonyl (C=O) groups excluding carboxylic acids is 3. The van der Waals surface area contributed by atoms with Crippen molar-refractivity contribution in [1.82, 2.24) is 10.6 Å². The Labute approximate surface area is 156 Å². The molecule has 0 aliphatic rings. The van der Waals surface area contributed by atoms with E-state index < -0.39 is 53.4 Å². The zero-order valence-corrected chi connectivity index (χ0v) is 14.8. The fraction of sp³-hybridized carbons (Fsp3) is 0.400. The van der Waals surface area contributed by atoms with Gasteiger partial charge in [-0.05, 0) is 26.0 Å². The van der Waals surface area contributed by atoms with Crippen molar-refractivity contribution in [3.63, 3.8) is 0 Å². The molecule has 3 N–H and O–H groups in total. The zero-order chi connectivity index (χ0) is 21.5. The van der Waals surface area contributed by atoms with Gasteiger partial charge in [0.1, 0.15) is 12.2 Å². The topological polar surface area (TPSA) is 140 Å². The number of hydrogen-bond acceptors (Lipinski definition) is 7. The average Bonchev–Trinajstić information content (AvgIpc) is 2.56. The van der Waals surface area contributed by atoms with E-state index in [-0.39, 0.29) is 11.7 Å². The third-order valence-electron chi connectivity index (χ3n) is 2.98. The summed E-state index contributed by atoms with van der Waals surface area (Å²) in [4.78, 5) is 44.2. The predicted molar refractivity (Wildman–Crippen MR) is 89.4 cm³/mol. The highest BCUT2D eigenvalue weighted by Gasteiger charge is 2.33. The Kier molecular flexibility index (Phi) is 7.71. The molecule has 0 fully saturated rings. The van der Waals surface area contributed by atoms with Crippen molar-refractivity contribution < 1.29 is 37.2 Å². The van der Waals surface area contributed by atoms with Gasteiger partial charge in [-0.2, -0.15) is 13.2 Å². The van der Waals surface area contributed by atoms with Gasteiger partial charge in [0.2, 0.25) is 0 Å². The summed E-state index contributed by atoms with van der Waals surface area (Å²) in [5.41, 5.74) is -2.44. The number of amides is 3. The molecule has 0 radical (unpaired) electrons. The van der Waals surface area contributed by atoms with Gasteiger partial charge in [-0.25, -0.2) is 4.79 Å². The Morgan fingerprint density at radius 1 is 1.25 bits per heavy atom. The van der Waals surface area contributed by atoms with Gasteiger partial charge in [0, 0.05) is 12.1 Å². The van der Waals surface area contributed by atoms with Gasteiger partial charge in [-0.1, -0.05) is 0 Å². The first-order chi connectivity index (χ1) is 12.9. The Morgan fingerprint density at radius 3 is 2.43 bits per heavy atom. The van der Waals surface area contributed by atoms with E-state index in [9.17, 15) is 37.7 Å². The first kappa shape index (κ1) is 22.7. The minimum atomic E-state index is -4.77. The zero-order valence-electron chi connectivity index (χ0n) is 14.8. The largest absolute Gasteiger partial charge is 0.454 e. The summed E-state index contributed by atoms with van der Waals surface area (Å²) in [5, 5.41) is 17.5. The van der Waals surface area contributed by atoms with Crippen LogP contribution in [0.1, 0.15) is 19.4 Å². The lowest BCUT2D eigenvalue weighted by Crippen LogP contribution is -2.44. The molecule has 1 aromatic carbocycles. The summed E-state index contributed by atoms with van der Waals surface area (Å²) in [6, 6.07) is 0.737. The SMILES string of the molecule is CC(C)NC(=O)NC(=O)COC(=O)CNc1ccc(C(F)(F)F)cc1[N+](=O)[O-]. The van der Waals surface area contributed by atoms with Crippen molar-refractivity contribution in [2.75, 3.05) is 18.5 Å². The van der Waals surface area contributed by atoms with Crippen LogP contribution in [0.5, 0.6) is 0 Å². The summed E-state index contributed by atoms with van der Waals surface area (Å²) < 4.78 is 42.5. The molecule has 0 aliphatic heterocycles.